The van der Waals surface area contributed by atoms with E-state index in [-0.39, 0.29) is 23.9 Å². The number of hydrogen-bond donors (Lipinski definition) is 1. The van der Waals surface area contributed by atoms with Crippen LogP contribution in [0.1, 0.15) is 33.6 Å². The number of thioether (sulfide) groups is 1. The van der Waals surface area contributed by atoms with Crippen LogP contribution in [0.3, 0.4) is 0 Å². The van der Waals surface area contributed by atoms with Crippen molar-refractivity contribution in [2.45, 2.75) is 29.7 Å². The maximum Gasteiger partial charge on any atom is 0.338 e. The summed E-state index contributed by atoms with van der Waals surface area (Å²) in [6, 6.07) is 18.6. The molecule has 3 amide bonds. The van der Waals surface area contributed by atoms with Gasteiger partial charge in [0.1, 0.15) is 11.8 Å². The number of pyridine rings is 1. The fourth-order valence-electron chi connectivity index (χ4n) is 5.26. The van der Waals surface area contributed by atoms with Gasteiger partial charge in [-0.1, -0.05) is 47.4 Å². The van der Waals surface area contributed by atoms with Crippen molar-refractivity contribution < 1.29 is 23.9 Å². The van der Waals surface area contributed by atoms with Gasteiger partial charge in [-0.2, -0.15) is 0 Å². The molecule has 0 radical (unpaired) electrons. The number of esters is 1. The molecular weight excluding hydrogens is 576 g/mol. The Morgan fingerprint density at radius 1 is 0.976 bits per heavy atom. The van der Waals surface area contributed by atoms with E-state index >= 15 is 0 Å². The Morgan fingerprint density at radius 3 is 2.43 bits per heavy atom. The number of aromatic nitrogens is 2. The summed E-state index contributed by atoms with van der Waals surface area (Å²) < 4.78 is 6.41. The molecule has 2 aliphatic heterocycles. The Morgan fingerprint density at radius 2 is 1.74 bits per heavy atom. The van der Waals surface area contributed by atoms with E-state index in [1.54, 1.807) is 61.8 Å². The highest BCUT2D eigenvalue weighted by atomic mass is 32.2. The van der Waals surface area contributed by atoms with Crippen molar-refractivity contribution in [3.8, 4) is 0 Å². The van der Waals surface area contributed by atoms with Gasteiger partial charge >= 0.3 is 10.8 Å². The van der Waals surface area contributed by atoms with Gasteiger partial charge in [0.05, 0.1) is 28.8 Å². The van der Waals surface area contributed by atoms with Crippen LogP contribution in [0, 0.1) is 5.92 Å². The molecule has 4 heterocycles. The molecule has 0 spiro atoms. The smallest absolute Gasteiger partial charge is 0.338 e. The van der Waals surface area contributed by atoms with E-state index in [4.69, 9.17) is 4.74 Å². The lowest BCUT2D eigenvalue weighted by molar-refractivity contribution is -0.122. The Balaban J connectivity index is 1.36. The Bertz CT molecular complexity index is 1740. The van der Waals surface area contributed by atoms with E-state index in [0.717, 1.165) is 28.0 Å². The molecule has 2 aliphatic rings. The second-order valence-electron chi connectivity index (χ2n) is 9.65. The number of anilines is 2. The first-order valence-electron chi connectivity index (χ1n) is 13.2. The summed E-state index contributed by atoms with van der Waals surface area (Å²) in [5, 5.41) is 2.45. The molecule has 3 unspecified atom stereocenters. The van der Waals surface area contributed by atoms with Gasteiger partial charge in [-0.25, -0.2) is 9.69 Å². The second kappa shape index (κ2) is 11.4. The molecule has 0 saturated carbocycles. The van der Waals surface area contributed by atoms with Gasteiger partial charge in [-0.3, -0.25) is 28.7 Å². The predicted octanol–water partition coefficient (Wildman–Crippen LogP) is 3.92. The third kappa shape index (κ3) is 4.92. The average Bonchev–Trinajstić information content (AvgIpc) is 3.44. The molecule has 1 N–H and O–H groups in total. The number of fused-ring (bicyclic) bond motifs is 2. The van der Waals surface area contributed by atoms with Crippen LogP contribution in [0.2, 0.25) is 0 Å². The summed E-state index contributed by atoms with van der Waals surface area (Å²) >= 11 is 2.11. The molecule has 4 aromatic rings. The minimum atomic E-state index is -0.836. The summed E-state index contributed by atoms with van der Waals surface area (Å²) in [5.74, 6) is -3.14. The fourth-order valence-corrected chi connectivity index (χ4v) is 8.03. The van der Waals surface area contributed by atoms with Crippen LogP contribution in [0.5, 0.6) is 0 Å². The minimum Gasteiger partial charge on any atom is -0.462 e. The molecule has 12 heteroatoms. The van der Waals surface area contributed by atoms with Gasteiger partial charge < -0.3 is 10.1 Å². The Kier molecular flexibility index (Phi) is 7.48. The van der Waals surface area contributed by atoms with Crippen molar-refractivity contribution in [2.75, 3.05) is 16.8 Å². The number of carbonyl (C=O) groups excluding carboxylic acids is 4. The van der Waals surface area contributed by atoms with Crippen LogP contribution in [0.15, 0.2) is 88.9 Å². The lowest BCUT2D eigenvalue weighted by Gasteiger charge is -2.30. The van der Waals surface area contributed by atoms with Crippen LogP contribution >= 0.6 is 23.1 Å². The molecule has 6 rings (SSSR count). The highest BCUT2D eigenvalue weighted by Gasteiger charge is 2.56. The number of carbonyl (C=O) groups is 4. The second-order valence-corrected chi connectivity index (χ2v) is 11.8. The van der Waals surface area contributed by atoms with Crippen molar-refractivity contribution in [3.63, 3.8) is 0 Å². The SMILES string of the molecule is CCOC(=O)c1ccc(N2C(=O)C3Sc4c(sc(=O)n4CC(=O)Nc4ccccc4)C(c4cccnc4)C3C2=O)cc1. The van der Waals surface area contributed by atoms with Gasteiger partial charge in [0.25, 0.3) is 0 Å². The largest absolute Gasteiger partial charge is 0.462 e. The van der Waals surface area contributed by atoms with E-state index in [1.807, 2.05) is 12.1 Å². The van der Waals surface area contributed by atoms with Crippen LogP contribution in [0.4, 0.5) is 11.4 Å². The summed E-state index contributed by atoms with van der Waals surface area (Å²) in [7, 11) is 0. The van der Waals surface area contributed by atoms with Gasteiger partial charge in [0.15, 0.2) is 0 Å². The van der Waals surface area contributed by atoms with E-state index in [2.05, 4.69) is 10.3 Å². The molecule has 1 fully saturated rings. The molecule has 3 atom stereocenters. The van der Waals surface area contributed by atoms with Crippen molar-refractivity contribution in [1.82, 2.24) is 9.55 Å². The number of imide groups is 1. The number of nitrogens with one attached hydrogen (secondary N) is 1. The molecule has 2 aromatic carbocycles. The van der Waals surface area contributed by atoms with E-state index < -0.39 is 34.9 Å². The number of rotatable bonds is 7. The van der Waals surface area contributed by atoms with Crippen LogP contribution in [0.25, 0.3) is 0 Å². The monoisotopic (exact) mass is 600 g/mol. The zero-order chi connectivity index (χ0) is 29.4. The molecule has 2 aromatic heterocycles. The van der Waals surface area contributed by atoms with E-state index in [9.17, 15) is 24.0 Å². The van der Waals surface area contributed by atoms with E-state index in [0.29, 0.717) is 32.4 Å². The third-order valence-electron chi connectivity index (χ3n) is 7.09. The number of amides is 3. The van der Waals surface area contributed by atoms with Gasteiger partial charge in [0.2, 0.25) is 17.7 Å². The normalized spacial score (nSPS) is 19.3. The third-order valence-corrected chi connectivity index (χ3v) is 9.69. The standard InChI is InChI=1S/C30H24N4O6S2/c1-2-40-29(38)17-10-12-20(13-11-17)34-26(36)23-22(18-7-6-14-31-15-18)25-28(41-24(23)27(34)37)33(30(39)42-25)16-21(35)32-19-8-4-3-5-9-19/h3-15,22-24H,2,16H2,1H3,(H,32,35). The summed E-state index contributed by atoms with van der Waals surface area (Å²) in [5.41, 5.74) is 1.93. The number of benzene rings is 2. The van der Waals surface area contributed by atoms with E-state index in [1.165, 1.54) is 16.7 Å². The first kappa shape index (κ1) is 27.6. The zero-order valence-electron chi connectivity index (χ0n) is 22.3. The molecule has 212 valence electrons. The Hall–Kier alpha value is -4.55. The molecule has 42 heavy (non-hydrogen) atoms. The summed E-state index contributed by atoms with van der Waals surface area (Å²) in [6.07, 6.45) is 3.24. The predicted molar refractivity (Wildman–Crippen MR) is 158 cm³/mol. The first-order chi connectivity index (χ1) is 20.4. The Labute approximate surface area is 248 Å². The highest BCUT2D eigenvalue weighted by Crippen LogP contribution is 2.53. The lowest BCUT2D eigenvalue weighted by atomic mass is 9.84. The van der Waals surface area contributed by atoms with Crippen molar-refractivity contribution in [3.05, 3.63) is 105 Å². The highest BCUT2D eigenvalue weighted by molar-refractivity contribution is 8.00. The average molecular weight is 601 g/mol. The maximum atomic E-state index is 14.0. The number of para-hydroxylation sites is 1. The molecule has 0 aliphatic carbocycles. The first-order valence-corrected chi connectivity index (χ1v) is 14.9. The maximum absolute atomic E-state index is 14.0. The number of thiazole rings is 1. The topological polar surface area (TPSA) is 128 Å². The minimum absolute atomic E-state index is 0.225. The van der Waals surface area contributed by atoms with Crippen molar-refractivity contribution >= 4 is 58.2 Å². The number of ether oxygens (including phenoxy) is 1. The lowest BCUT2D eigenvalue weighted by Crippen LogP contribution is -2.33. The molecular formula is C30H24N4O6S2. The van der Waals surface area contributed by atoms with Crippen molar-refractivity contribution in [2.24, 2.45) is 5.92 Å². The number of hydrogen-bond acceptors (Lipinski definition) is 9. The summed E-state index contributed by atoms with van der Waals surface area (Å²) in [6.45, 7) is 1.69. The quantitative estimate of drug-likeness (QED) is 0.250. The van der Waals surface area contributed by atoms with Gasteiger partial charge in [0, 0.05) is 28.9 Å². The van der Waals surface area contributed by atoms with Crippen LogP contribution in [-0.4, -0.2) is 45.1 Å². The van der Waals surface area contributed by atoms with Gasteiger partial charge in [-0.05, 0) is 55.0 Å². The van der Waals surface area contributed by atoms with Crippen molar-refractivity contribution in [1.29, 1.82) is 0 Å². The molecule has 10 nitrogen and oxygen atoms in total. The van der Waals surface area contributed by atoms with Gasteiger partial charge in [-0.15, -0.1) is 0 Å². The number of nitrogens with zero attached hydrogens (tertiary/aromatic N) is 3. The van der Waals surface area contributed by atoms with Crippen LogP contribution < -0.4 is 15.1 Å². The fraction of sp³-hybridized carbons (Fsp3) is 0.200. The molecule has 1 saturated heterocycles. The molecule has 0 bridgehead atoms. The summed E-state index contributed by atoms with van der Waals surface area (Å²) in [4.78, 5) is 71.7. The zero-order valence-corrected chi connectivity index (χ0v) is 23.9. The van der Waals surface area contributed by atoms with Crippen LogP contribution in [-0.2, 0) is 25.7 Å².